The second-order valence-corrected chi connectivity index (χ2v) is 5.97. The summed E-state index contributed by atoms with van der Waals surface area (Å²) >= 11 is 0. The number of fused-ring (bicyclic) bond motifs is 1. The number of aryl methyl sites for hydroxylation is 1. The molecule has 4 heteroatoms. The zero-order chi connectivity index (χ0) is 16.9. The van der Waals surface area contributed by atoms with E-state index >= 15 is 0 Å². The Hall–Kier alpha value is -2.75. The Kier molecular flexibility index (Phi) is 4.85. The van der Waals surface area contributed by atoms with Crippen molar-refractivity contribution < 1.29 is 9.53 Å². The first-order chi connectivity index (χ1) is 11.7. The van der Waals surface area contributed by atoms with E-state index in [9.17, 15) is 4.79 Å². The number of rotatable bonds is 7. The van der Waals surface area contributed by atoms with Gasteiger partial charge >= 0.3 is 0 Å². The summed E-state index contributed by atoms with van der Waals surface area (Å²) < 4.78 is 7.62. The van der Waals surface area contributed by atoms with Crippen LogP contribution in [0.5, 0.6) is 5.75 Å². The summed E-state index contributed by atoms with van der Waals surface area (Å²) in [5.41, 5.74) is 8.91. The monoisotopic (exact) mass is 322 g/mol. The van der Waals surface area contributed by atoms with Crippen molar-refractivity contribution in [2.75, 3.05) is 7.11 Å². The van der Waals surface area contributed by atoms with Crippen LogP contribution in [0.1, 0.15) is 24.0 Å². The van der Waals surface area contributed by atoms with Gasteiger partial charge < -0.3 is 15.0 Å². The van der Waals surface area contributed by atoms with Gasteiger partial charge in [-0.15, -0.1) is 0 Å². The number of carbonyl (C=O) groups is 1. The van der Waals surface area contributed by atoms with E-state index in [2.05, 4.69) is 47.2 Å². The minimum Gasteiger partial charge on any atom is -0.497 e. The van der Waals surface area contributed by atoms with Gasteiger partial charge in [0.15, 0.2) is 0 Å². The highest BCUT2D eigenvalue weighted by atomic mass is 16.5. The van der Waals surface area contributed by atoms with E-state index in [0.29, 0.717) is 6.42 Å². The molecule has 1 aromatic heterocycles. The number of carbonyl (C=O) groups excluding carboxylic acids is 1. The van der Waals surface area contributed by atoms with Crippen LogP contribution in [0.2, 0.25) is 0 Å². The molecule has 124 valence electrons. The van der Waals surface area contributed by atoms with Crippen molar-refractivity contribution in [3.8, 4) is 5.75 Å². The minimum atomic E-state index is -0.249. The zero-order valence-electron chi connectivity index (χ0n) is 13.9. The maximum Gasteiger partial charge on any atom is 0.217 e. The molecule has 2 N–H and O–H groups in total. The molecule has 24 heavy (non-hydrogen) atoms. The fourth-order valence-corrected chi connectivity index (χ4v) is 3.04. The van der Waals surface area contributed by atoms with Crippen LogP contribution >= 0.6 is 0 Å². The van der Waals surface area contributed by atoms with Crippen molar-refractivity contribution in [1.82, 2.24) is 4.57 Å². The second-order valence-electron chi connectivity index (χ2n) is 5.97. The number of nitrogens with two attached hydrogens (primary N) is 1. The van der Waals surface area contributed by atoms with Gasteiger partial charge in [-0.25, -0.2) is 0 Å². The largest absolute Gasteiger partial charge is 0.497 e. The van der Waals surface area contributed by atoms with Crippen LogP contribution in [0.3, 0.4) is 0 Å². The van der Waals surface area contributed by atoms with E-state index in [-0.39, 0.29) is 5.91 Å². The summed E-state index contributed by atoms with van der Waals surface area (Å²) in [6, 6.07) is 16.5. The standard InChI is InChI=1S/C20H22N2O2/c1-24-17-10-11-19-18(12-17)16(8-5-9-20(21)23)14-22(19)13-15-6-3-2-4-7-15/h2-4,6-7,10-12,14H,5,8-9,13H2,1H3,(H2,21,23). The smallest absolute Gasteiger partial charge is 0.217 e. The molecule has 4 nitrogen and oxygen atoms in total. The second kappa shape index (κ2) is 7.21. The molecule has 0 bridgehead atoms. The number of benzene rings is 2. The molecule has 2 aromatic carbocycles. The fraction of sp³-hybridized carbons (Fsp3) is 0.250. The van der Waals surface area contributed by atoms with E-state index < -0.39 is 0 Å². The molecule has 3 rings (SSSR count). The molecule has 0 saturated carbocycles. The van der Waals surface area contributed by atoms with Crippen LogP contribution in [0.25, 0.3) is 10.9 Å². The van der Waals surface area contributed by atoms with Crippen LogP contribution in [-0.2, 0) is 17.8 Å². The molecule has 0 radical (unpaired) electrons. The van der Waals surface area contributed by atoms with Gasteiger partial charge in [-0.1, -0.05) is 30.3 Å². The highest BCUT2D eigenvalue weighted by Crippen LogP contribution is 2.28. The number of amides is 1. The third-order valence-corrected chi connectivity index (χ3v) is 4.24. The Labute approximate surface area is 141 Å². The summed E-state index contributed by atoms with van der Waals surface area (Å²) in [7, 11) is 1.68. The lowest BCUT2D eigenvalue weighted by atomic mass is 10.1. The Morgan fingerprint density at radius 3 is 2.67 bits per heavy atom. The fourth-order valence-electron chi connectivity index (χ4n) is 3.04. The number of methoxy groups -OCH3 is 1. The van der Waals surface area contributed by atoms with Crippen molar-refractivity contribution in [2.24, 2.45) is 5.73 Å². The van der Waals surface area contributed by atoms with Gasteiger partial charge in [-0.05, 0) is 42.2 Å². The molecule has 0 spiro atoms. The maximum absolute atomic E-state index is 11.0. The molecule has 0 saturated heterocycles. The van der Waals surface area contributed by atoms with Gasteiger partial charge in [0.05, 0.1) is 7.11 Å². The maximum atomic E-state index is 11.0. The molecule has 0 fully saturated rings. The average Bonchev–Trinajstić information content (AvgIpc) is 2.92. The third-order valence-electron chi connectivity index (χ3n) is 4.24. The summed E-state index contributed by atoms with van der Waals surface area (Å²) in [5.74, 6) is 0.594. The Morgan fingerprint density at radius 1 is 1.17 bits per heavy atom. The highest BCUT2D eigenvalue weighted by molar-refractivity contribution is 5.85. The normalized spacial score (nSPS) is 10.9. The topological polar surface area (TPSA) is 57.2 Å². The predicted molar refractivity (Wildman–Crippen MR) is 96.2 cm³/mol. The van der Waals surface area contributed by atoms with Gasteiger partial charge in [-0.2, -0.15) is 0 Å². The van der Waals surface area contributed by atoms with E-state index in [1.54, 1.807) is 7.11 Å². The van der Waals surface area contributed by atoms with E-state index in [4.69, 9.17) is 10.5 Å². The molecule has 0 unspecified atom stereocenters. The Bertz CT molecular complexity index is 837. The van der Waals surface area contributed by atoms with Crippen LogP contribution < -0.4 is 10.5 Å². The van der Waals surface area contributed by atoms with Gasteiger partial charge in [0.1, 0.15) is 5.75 Å². The lowest BCUT2D eigenvalue weighted by Gasteiger charge is -2.06. The quantitative estimate of drug-likeness (QED) is 0.724. The van der Waals surface area contributed by atoms with Gasteiger partial charge in [0.25, 0.3) is 0 Å². The summed E-state index contributed by atoms with van der Waals surface area (Å²) in [6.45, 7) is 0.819. The van der Waals surface area contributed by atoms with Gasteiger partial charge in [-0.3, -0.25) is 4.79 Å². The molecule has 1 heterocycles. The number of aromatic nitrogens is 1. The average molecular weight is 322 g/mol. The van der Waals surface area contributed by atoms with E-state index in [0.717, 1.165) is 25.1 Å². The third kappa shape index (κ3) is 3.59. The molecule has 1 amide bonds. The molecule has 0 aliphatic carbocycles. The number of hydrogen-bond acceptors (Lipinski definition) is 2. The van der Waals surface area contributed by atoms with Gasteiger partial charge in [0.2, 0.25) is 5.91 Å². The number of hydrogen-bond donors (Lipinski definition) is 1. The van der Waals surface area contributed by atoms with Crippen molar-refractivity contribution in [2.45, 2.75) is 25.8 Å². The van der Waals surface area contributed by atoms with E-state index in [1.165, 1.54) is 22.0 Å². The first-order valence-corrected chi connectivity index (χ1v) is 8.15. The van der Waals surface area contributed by atoms with Crippen molar-refractivity contribution in [3.63, 3.8) is 0 Å². The highest BCUT2D eigenvalue weighted by Gasteiger charge is 2.10. The number of nitrogens with zero attached hydrogens (tertiary/aromatic N) is 1. The molecule has 3 aromatic rings. The van der Waals surface area contributed by atoms with Gasteiger partial charge in [0, 0.05) is 30.1 Å². The zero-order valence-corrected chi connectivity index (χ0v) is 13.9. The van der Waals surface area contributed by atoms with Crippen molar-refractivity contribution in [3.05, 3.63) is 65.9 Å². The van der Waals surface area contributed by atoms with E-state index in [1.807, 2.05) is 12.1 Å². The molecule has 0 atom stereocenters. The Morgan fingerprint density at radius 2 is 1.96 bits per heavy atom. The predicted octanol–water partition coefficient (Wildman–Crippen LogP) is 3.51. The van der Waals surface area contributed by atoms with Crippen LogP contribution in [0, 0.1) is 0 Å². The number of ether oxygens (including phenoxy) is 1. The lowest BCUT2D eigenvalue weighted by Crippen LogP contribution is -2.10. The Balaban J connectivity index is 1.94. The van der Waals surface area contributed by atoms with Crippen LogP contribution in [-0.4, -0.2) is 17.6 Å². The molecule has 0 aliphatic heterocycles. The summed E-state index contributed by atoms with van der Waals surface area (Å²) in [5, 5.41) is 1.18. The number of primary amides is 1. The molecular formula is C20H22N2O2. The first-order valence-electron chi connectivity index (χ1n) is 8.15. The van der Waals surface area contributed by atoms with Crippen molar-refractivity contribution >= 4 is 16.8 Å². The summed E-state index contributed by atoms with van der Waals surface area (Å²) in [6.07, 6.45) is 4.18. The molecule has 0 aliphatic rings. The summed E-state index contributed by atoms with van der Waals surface area (Å²) in [4.78, 5) is 11.0. The minimum absolute atomic E-state index is 0.249. The van der Waals surface area contributed by atoms with Crippen LogP contribution in [0.4, 0.5) is 0 Å². The molecular weight excluding hydrogens is 300 g/mol. The first kappa shape index (κ1) is 16.1. The van der Waals surface area contributed by atoms with Crippen LogP contribution in [0.15, 0.2) is 54.7 Å². The SMILES string of the molecule is COc1ccc2c(c1)c(CCCC(N)=O)cn2Cc1ccccc1. The van der Waals surface area contributed by atoms with Crippen molar-refractivity contribution in [1.29, 1.82) is 0 Å². The lowest BCUT2D eigenvalue weighted by molar-refractivity contribution is -0.118.